The van der Waals surface area contributed by atoms with E-state index < -0.39 is 4.92 Å². The number of nitro groups is 1. The highest BCUT2D eigenvalue weighted by Crippen LogP contribution is 2.39. The number of rotatable bonds is 10. The van der Waals surface area contributed by atoms with Crippen LogP contribution in [-0.2, 0) is 6.42 Å². The van der Waals surface area contributed by atoms with Gasteiger partial charge in [-0.1, -0.05) is 53.0 Å². The molecule has 0 fully saturated rings. The molecular weight excluding hydrogens is 460 g/mol. The molecule has 2 aromatic heterocycles. The molecule has 0 aliphatic carbocycles. The van der Waals surface area contributed by atoms with Gasteiger partial charge in [-0.2, -0.15) is 0 Å². The van der Waals surface area contributed by atoms with Crippen molar-refractivity contribution in [1.29, 1.82) is 0 Å². The molecule has 0 N–H and O–H groups in total. The lowest BCUT2D eigenvalue weighted by molar-refractivity contribution is -0.380. The number of thiophene rings is 1. The van der Waals surface area contributed by atoms with Gasteiger partial charge >= 0.3 is 5.00 Å². The minimum Gasteiger partial charge on any atom is -0.497 e. The molecule has 4 aromatic rings. The van der Waals surface area contributed by atoms with Gasteiger partial charge in [-0.05, 0) is 43.2 Å². The molecule has 9 heteroatoms. The molecule has 33 heavy (non-hydrogen) atoms. The van der Waals surface area contributed by atoms with Crippen LogP contribution < -0.4 is 9.47 Å². The Hall–Kier alpha value is -3.56. The Bertz CT molecular complexity index is 1270. The number of thiazole rings is 1. The predicted molar refractivity (Wildman–Crippen MR) is 129 cm³/mol. The summed E-state index contributed by atoms with van der Waals surface area (Å²) in [5.41, 5.74) is 1.60. The van der Waals surface area contributed by atoms with Gasteiger partial charge in [0.05, 0.1) is 21.9 Å². The maximum atomic E-state index is 12.4. The third-order valence-electron chi connectivity index (χ3n) is 4.78. The number of para-hydroxylation sites is 1. The topological polar surface area (TPSA) is 91.6 Å². The molecule has 0 amide bonds. The predicted octanol–water partition coefficient (Wildman–Crippen LogP) is 6.79. The van der Waals surface area contributed by atoms with Gasteiger partial charge in [0.2, 0.25) is 5.06 Å². The van der Waals surface area contributed by atoms with Crippen LogP contribution in [0.3, 0.4) is 0 Å². The Balaban J connectivity index is 1.50. The summed E-state index contributed by atoms with van der Waals surface area (Å²) in [4.78, 5) is 28.0. The zero-order chi connectivity index (χ0) is 23.2. The lowest BCUT2D eigenvalue weighted by Gasteiger charge is -2.06. The summed E-state index contributed by atoms with van der Waals surface area (Å²) in [6.07, 6.45) is 1.47. The largest absolute Gasteiger partial charge is 0.497 e. The van der Waals surface area contributed by atoms with Gasteiger partial charge in [-0.25, -0.2) is 4.98 Å². The number of Topliss-reactive ketones (excluding diaryl/α,β-unsaturated/α-hetero) is 1. The summed E-state index contributed by atoms with van der Waals surface area (Å²) in [5.74, 6) is 1.34. The average molecular weight is 481 g/mol. The first kappa shape index (κ1) is 22.6. The Morgan fingerprint density at radius 3 is 2.55 bits per heavy atom. The van der Waals surface area contributed by atoms with Crippen LogP contribution in [0.1, 0.15) is 27.5 Å². The summed E-state index contributed by atoms with van der Waals surface area (Å²) in [7, 11) is 1.62. The van der Waals surface area contributed by atoms with Gasteiger partial charge in [0.15, 0.2) is 5.78 Å². The molecular formula is C24H20N2O5S2. The minimum absolute atomic E-state index is 0.0242. The second-order valence-electron chi connectivity index (χ2n) is 7.06. The molecule has 7 nitrogen and oxygen atoms in total. The zero-order valence-electron chi connectivity index (χ0n) is 17.7. The molecule has 4 rings (SSSR count). The monoisotopic (exact) mass is 480 g/mol. The van der Waals surface area contributed by atoms with Crippen LogP contribution >= 0.6 is 22.7 Å². The van der Waals surface area contributed by atoms with Gasteiger partial charge in [-0.15, -0.1) is 0 Å². The quantitative estimate of drug-likeness (QED) is 0.141. The van der Waals surface area contributed by atoms with E-state index in [0.717, 1.165) is 33.4 Å². The molecule has 0 atom stereocenters. The number of benzene rings is 2. The van der Waals surface area contributed by atoms with Crippen LogP contribution in [0.25, 0.3) is 11.3 Å². The number of ether oxygens (including phenoxy) is 2. The van der Waals surface area contributed by atoms with Gasteiger partial charge in [0.25, 0.3) is 0 Å². The second-order valence-corrected chi connectivity index (χ2v) is 9.17. The SMILES string of the molecule is COc1cccc(-c2nc(CCCC(=O)c3ccc([N+](=O)[O-])s3)sc2Oc2ccccc2)c1. The van der Waals surface area contributed by atoms with Crippen LogP contribution in [0.5, 0.6) is 16.6 Å². The Kier molecular flexibility index (Phi) is 7.11. The number of ketones is 1. The van der Waals surface area contributed by atoms with Crippen molar-refractivity contribution in [2.24, 2.45) is 0 Å². The molecule has 0 saturated heterocycles. The van der Waals surface area contributed by atoms with E-state index in [0.29, 0.717) is 35.0 Å². The molecule has 0 bridgehead atoms. The van der Waals surface area contributed by atoms with Gasteiger partial charge in [0, 0.05) is 18.1 Å². The van der Waals surface area contributed by atoms with Crippen LogP contribution in [0.15, 0.2) is 66.7 Å². The highest BCUT2D eigenvalue weighted by atomic mass is 32.1. The van der Waals surface area contributed by atoms with Crippen molar-refractivity contribution in [3.8, 4) is 27.8 Å². The van der Waals surface area contributed by atoms with Crippen molar-refractivity contribution in [2.75, 3.05) is 7.11 Å². The van der Waals surface area contributed by atoms with E-state index in [2.05, 4.69) is 0 Å². The zero-order valence-corrected chi connectivity index (χ0v) is 19.4. The lowest BCUT2D eigenvalue weighted by Crippen LogP contribution is -1.97. The fourth-order valence-electron chi connectivity index (χ4n) is 3.17. The average Bonchev–Trinajstić information content (AvgIpc) is 3.48. The Labute approximate surface area is 198 Å². The first-order valence-corrected chi connectivity index (χ1v) is 11.8. The van der Waals surface area contributed by atoms with Crippen LogP contribution in [0, 0.1) is 10.1 Å². The summed E-state index contributed by atoms with van der Waals surface area (Å²) >= 11 is 2.36. The Morgan fingerprint density at radius 2 is 1.82 bits per heavy atom. The van der Waals surface area contributed by atoms with Crippen molar-refractivity contribution in [1.82, 2.24) is 4.98 Å². The number of hydrogen-bond donors (Lipinski definition) is 0. The standard InChI is InChI=1S/C24H20N2O5S2/c1-30-18-10-5-7-16(15-18)23-24(31-17-8-3-2-4-9-17)33-21(25-23)12-6-11-19(27)20-13-14-22(32-20)26(28)29/h2-5,7-10,13-15H,6,11-12H2,1H3. The summed E-state index contributed by atoms with van der Waals surface area (Å²) in [6, 6.07) is 20.0. The van der Waals surface area contributed by atoms with Crippen LogP contribution in [0.4, 0.5) is 5.00 Å². The molecule has 2 aromatic carbocycles. The Morgan fingerprint density at radius 1 is 1.03 bits per heavy atom. The van der Waals surface area contributed by atoms with Gasteiger partial charge < -0.3 is 9.47 Å². The number of aromatic nitrogens is 1. The summed E-state index contributed by atoms with van der Waals surface area (Å²) in [5, 5.41) is 12.3. The maximum Gasteiger partial charge on any atom is 0.324 e. The number of carbonyl (C=O) groups is 1. The van der Waals surface area contributed by atoms with Crippen molar-refractivity contribution in [2.45, 2.75) is 19.3 Å². The molecule has 0 saturated carbocycles. The van der Waals surface area contributed by atoms with E-state index in [1.54, 1.807) is 7.11 Å². The van der Waals surface area contributed by atoms with Gasteiger partial charge in [-0.3, -0.25) is 14.9 Å². The van der Waals surface area contributed by atoms with E-state index in [1.165, 1.54) is 23.5 Å². The van der Waals surface area contributed by atoms with Crippen molar-refractivity contribution < 1.29 is 19.2 Å². The third-order valence-corrected chi connectivity index (χ3v) is 6.85. The minimum atomic E-state index is -0.481. The van der Waals surface area contributed by atoms with Crippen LogP contribution in [0.2, 0.25) is 0 Å². The highest BCUT2D eigenvalue weighted by Gasteiger charge is 2.18. The van der Waals surface area contributed by atoms with Crippen LogP contribution in [-0.4, -0.2) is 22.8 Å². The molecule has 0 unspecified atom stereocenters. The van der Waals surface area contributed by atoms with Crippen molar-refractivity contribution in [3.63, 3.8) is 0 Å². The van der Waals surface area contributed by atoms with Crippen molar-refractivity contribution in [3.05, 3.63) is 86.7 Å². The fraction of sp³-hybridized carbons (Fsp3) is 0.167. The molecule has 2 heterocycles. The number of hydrogen-bond acceptors (Lipinski definition) is 8. The van der Waals surface area contributed by atoms with Gasteiger partial charge in [0.1, 0.15) is 17.2 Å². The van der Waals surface area contributed by atoms with E-state index in [1.807, 2.05) is 54.6 Å². The molecule has 168 valence electrons. The molecule has 0 aliphatic rings. The highest BCUT2D eigenvalue weighted by molar-refractivity contribution is 7.17. The van der Waals surface area contributed by atoms with E-state index in [9.17, 15) is 14.9 Å². The normalized spacial score (nSPS) is 10.7. The van der Waals surface area contributed by atoms with E-state index >= 15 is 0 Å². The second kappa shape index (κ2) is 10.4. The lowest BCUT2D eigenvalue weighted by atomic mass is 10.1. The van der Waals surface area contributed by atoms with Crippen molar-refractivity contribution >= 4 is 33.5 Å². The van der Waals surface area contributed by atoms with E-state index in [4.69, 9.17) is 14.5 Å². The summed E-state index contributed by atoms with van der Waals surface area (Å²) in [6.45, 7) is 0. The van der Waals surface area contributed by atoms with E-state index in [-0.39, 0.29) is 10.8 Å². The number of nitrogens with zero attached hydrogens (tertiary/aromatic N) is 2. The molecule has 0 spiro atoms. The first-order valence-electron chi connectivity index (χ1n) is 10.2. The first-order chi connectivity index (χ1) is 16.0. The fourth-order valence-corrected chi connectivity index (χ4v) is 4.96. The number of aryl methyl sites for hydroxylation is 1. The molecule has 0 radical (unpaired) electrons. The molecule has 0 aliphatic heterocycles. The smallest absolute Gasteiger partial charge is 0.324 e. The maximum absolute atomic E-state index is 12.4. The summed E-state index contributed by atoms with van der Waals surface area (Å²) < 4.78 is 11.5. The third kappa shape index (κ3) is 5.63. The number of methoxy groups -OCH3 is 1. The number of carbonyl (C=O) groups excluding carboxylic acids is 1.